The minimum atomic E-state index is -3.56. The minimum absolute atomic E-state index is 0.0409. The van der Waals surface area contributed by atoms with Crippen LogP contribution < -0.4 is 10.2 Å². The van der Waals surface area contributed by atoms with Crippen molar-refractivity contribution in [3.8, 4) is 0 Å². The molecule has 2 saturated heterocycles. The van der Waals surface area contributed by atoms with E-state index in [2.05, 4.69) is 24.1 Å². The summed E-state index contributed by atoms with van der Waals surface area (Å²) in [6.07, 6.45) is 5.58. The van der Waals surface area contributed by atoms with E-state index in [1.165, 1.54) is 4.90 Å². The molecule has 0 aliphatic carbocycles. The summed E-state index contributed by atoms with van der Waals surface area (Å²) >= 11 is 0. The summed E-state index contributed by atoms with van der Waals surface area (Å²) in [4.78, 5) is 29.8. The highest BCUT2D eigenvalue weighted by atomic mass is 32.2. The number of nitrogens with one attached hydrogen (secondary N) is 1. The summed E-state index contributed by atoms with van der Waals surface area (Å²) in [6, 6.07) is 5.37. The molecule has 2 fully saturated rings. The first kappa shape index (κ1) is 25.1. The van der Waals surface area contributed by atoms with Crippen molar-refractivity contribution in [1.82, 2.24) is 14.5 Å². The Kier molecular flexibility index (Phi) is 7.94. The second-order valence-corrected chi connectivity index (χ2v) is 11.9. The lowest BCUT2D eigenvalue weighted by molar-refractivity contribution is -0.124. The molecule has 2 amide bonds. The molecule has 3 aliphatic rings. The number of carbonyl (C=O) groups is 2. The number of likely N-dealkylation sites (N-methyl/N-ethyl adjacent to an activating group) is 1. The Balaban J connectivity index is 1.48. The minimum Gasteiger partial charge on any atom is -0.353 e. The summed E-state index contributed by atoms with van der Waals surface area (Å²) in [6.45, 7) is 7.96. The molecular formula is C25H38N4O4S. The highest BCUT2D eigenvalue weighted by Gasteiger charge is 2.31. The predicted molar refractivity (Wildman–Crippen MR) is 132 cm³/mol. The number of rotatable bonds is 7. The van der Waals surface area contributed by atoms with Crippen LogP contribution in [0.4, 0.5) is 5.69 Å². The molecule has 8 nitrogen and oxygen atoms in total. The molecule has 0 unspecified atom stereocenters. The van der Waals surface area contributed by atoms with E-state index in [4.69, 9.17) is 0 Å². The zero-order valence-electron chi connectivity index (χ0n) is 20.5. The van der Waals surface area contributed by atoms with Crippen molar-refractivity contribution in [2.75, 3.05) is 44.2 Å². The second kappa shape index (κ2) is 10.7. The molecular weight excluding hydrogens is 452 g/mol. The number of piperidine rings is 1. The van der Waals surface area contributed by atoms with E-state index in [1.54, 1.807) is 22.5 Å². The van der Waals surface area contributed by atoms with Gasteiger partial charge in [-0.25, -0.2) is 8.42 Å². The van der Waals surface area contributed by atoms with Crippen LogP contribution in [0.5, 0.6) is 0 Å². The Labute approximate surface area is 203 Å². The zero-order chi connectivity index (χ0) is 24.3. The largest absolute Gasteiger partial charge is 0.353 e. The van der Waals surface area contributed by atoms with Gasteiger partial charge in [0.25, 0.3) is 0 Å². The molecule has 4 rings (SSSR count). The molecule has 1 atom stereocenters. The molecule has 0 saturated carbocycles. The Morgan fingerprint density at radius 2 is 1.85 bits per heavy atom. The summed E-state index contributed by atoms with van der Waals surface area (Å²) in [5, 5.41) is 3.01. The number of sulfonamides is 1. The smallest absolute Gasteiger partial charge is 0.243 e. The first-order chi connectivity index (χ1) is 16.3. The lowest BCUT2D eigenvalue weighted by atomic mass is 10.0. The van der Waals surface area contributed by atoms with E-state index < -0.39 is 10.0 Å². The van der Waals surface area contributed by atoms with Crippen LogP contribution >= 0.6 is 0 Å². The van der Waals surface area contributed by atoms with Crippen molar-refractivity contribution >= 4 is 27.5 Å². The number of anilines is 1. The molecule has 1 N–H and O–H groups in total. The maximum absolute atomic E-state index is 13.2. The van der Waals surface area contributed by atoms with E-state index in [1.807, 2.05) is 0 Å². The number of amides is 2. The van der Waals surface area contributed by atoms with Gasteiger partial charge in [0.05, 0.1) is 4.90 Å². The Hall–Kier alpha value is -1.97. The normalized spacial score (nSPS) is 23.1. The van der Waals surface area contributed by atoms with Crippen molar-refractivity contribution in [3.63, 3.8) is 0 Å². The van der Waals surface area contributed by atoms with E-state index in [0.29, 0.717) is 56.5 Å². The average molecular weight is 491 g/mol. The SMILES string of the molecule is CCN1CCC[C@H]1CNC(=O)CN1C(=O)CCCc2cc(S(=O)(=O)N3CCC(C)CC3)ccc21. The molecule has 3 heterocycles. The number of carbonyl (C=O) groups excluding carboxylic acids is 2. The fourth-order valence-electron chi connectivity index (χ4n) is 5.41. The second-order valence-electron chi connectivity index (χ2n) is 9.94. The van der Waals surface area contributed by atoms with Crippen molar-refractivity contribution < 1.29 is 18.0 Å². The van der Waals surface area contributed by atoms with Gasteiger partial charge in [-0.2, -0.15) is 4.31 Å². The van der Waals surface area contributed by atoms with Gasteiger partial charge < -0.3 is 10.2 Å². The maximum atomic E-state index is 13.2. The van der Waals surface area contributed by atoms with Crippen molar-refractivity contribution in [2.45, 2.75) is 69.7 Å². The standard InChI is InChI=1S/C25H38N4O4S/c1-3-27-13-5-7-21(27)17-26-24(30)18-29-23-10-9-22(16-20(23)6-4-8-25(29)31)34(32,33)28-14-11-19(2)12-15-28/h9-10,16,19,21H,3-8,11-15,17-18H2,1-2H3,(H,26,30)/t21-/m0/s1. The van der Waals surface area contributed by atoms with Crippen LogP contribution in [-0.2, 0) is 26.0 Å². The van der Waals surface area contributed by atoms with Gasteiger partial charge in [0, 0.05) is 37.8 Å². The third kappa shape index (κ3) is 5.47. The number of hydrogen-bond donors (Lipinski definition) is 1. The van der Waals surface area contributed by atoms with E-state index in [0.717, 1.165) is 44.3 Å². The quantitative estimate of drug-likeness (QED) is 0.634. The summed E-state index contributed by atoms with van der Waals surface area (Å²) in [5.74, 6) is 0.275. The van der Waals surface area contributed by atoms with Crippen LogP contribution in [-0.4, -0.2) is 74.7 Å². The molecule has 34 heavy (non-hydrogen) atoms. The monoisotopic (exact) mass is 490 g/mol. The van der Waals surface area contributed by atoms with Crippen LogP contribution in [0.15, 0.2) is 23.1 Å². The molecule has 1 aromatic carbocycles. The molecule has 188 valence electrons. The fraction of sp³-hybridized carbons (Fsp3) is 0.680. The van der Waals surface area contributed by atoms with Gasteiger partial charge in [-0.05, 0) is 81.3 Å². The molecule has 0 bridgehead atoms. The van der Waals surface area contributed by atoms with Crippen molar-refractivity contribution in [1.29, 1.82) is 0 Å². The zero-order valence-corrected chi connectivity index (χ0v) is 21.3. The molecule has 0 radical (unpaired) electrons. The van der Waals surface area contributed by atoms with E-state index in [9.17, 15) is 18.0 Å². The Morgan fingerprint density at radius 1 is 1.09 bits per heavy atom. The molecule has 0 aromatic heterocycles. The number of nitrogens with zero attached hydrogens (tertiary/aromatic N) is 3. The topological polar surface area (TPSA) is 90.0 Å². The van der Waals surface area contributed by atoms with Gasteiger partial charge in [0.1, 0.15) is 6.54 Å². The lowest BCUT2D eigenvalue weighted by Gasteiger charge is -2.30. The van der Waals surface area contributed by atoms with Crippen LogP contribution in [0.3, 0.4) is 0 Å². The first-order valence-electron chi connectivity index (χ1n) is 12.7. The molecule has 9 heteroatoms. The Morgan fingerprint density at radius 3 is 2.59 bits per heavy atom. The van der Waals surface area contributed by atoms with E-state index >= 15 is 0 Å². The summed E-state index contributed by atoms with van der Waals surface area (Å²) in [5.41, 5.74) is 1.47. The van der Waals surface area contributed by atoms with Crippen LogP contribution in [0.25, 0.3) is 0 Å². The molecule has 1 aromatic rings. The third-order valence-electron chi connectivity index (χ3n) is 7.60. The van der Waals surface area contributed by atoms with Gasteiger partial charge in [-0.15, -0.1) is 0 Å². The van der Waals surface area contributed by atoms with Gasteiger partial charge in [0.15, 0.2) is 0 Å². The van der Waals surface area contributed by atoms with Crippen LogP contribution in [0.2, 0.25) is 0 Å². The number of benzene rings is 1. The highest BCUT2D eigenvalue weighted by Crippen LogP contribution is 2.31. The summed E-state index contributed by atoms with van der Waals surface area (Å²) in [7, 11) is -3.56. The van der Waals surface area contributed by atoms with Gasteiger partial charge in [0.2, 0.25) is 21.8 Å². The predicted octanol–water partition coefficient (Wildman–Crippen LogP) is 2.38. The number of fused-ring (bicyclic) bond motifs is 1. The number of hydrogen-bond acceptors (Lipinski definition) is 5. The van der Waals surface area contributed by atoms with Gasteiger partial charge in [-0.1, -0.05) is 13.8 Å². The maximum Gasteiger partial charge on any atom is 0.243 e. The van der Waals surface area contributed by atoms with Gasteiger partial charge in [-0.3, -0.25) is 14.5 Å². The third-order valence-corrected chi connectivity index (χ3v) is 9.50. The van der Waals surface area contributed by atoms with Crippen molar-refractivity contribution in [2.24, 2.45) is 5.92 Å². The highest BCUT2D eigenvalue weighted by molar-refractivity contribution is 7.89. The molecule has 3 aliphatic heterocycles. The number of aryl methyl sites for hydroxylation is 1. The first-order valence-corrected chi connectivity index (χ1v) is 14.2. The fourth-order valence-corrected chi connectivity index (χ4v) is 6.93. The average Bonchev–Trinajstić information content (AvgIpc) is 3.23. The van der Waals surface area contributed by atoms with Crippen LogP contribution in [0, 0.1) is 5.92 Å². The molecule has 0 spiro atoms. The lowest BCUT2D eigenvalue weighted by Crippen LogP contribution is -2.45. The van der Waals surface area contributed by atoms with Gasteiger partial charge >= 0.3 is 0 Å². The van der Waals surface area contributed by atoms with Crippen LogP contribution in [0.1, 0.15) is 57.9 Å². The number of likely N-dealkylation sites (tertiary alicyclic amines) is 1. The van der Waals surface area contributed by atoms with E-state index in [-0.39, 0.29) is 23.3 Å². The van der Waals surface area contributed by atoms with Crippen molar-refractivity contribution in [3.05, 3.63) is 23.8 Å². The Bertz CT molecular complexity index is 1000. The summed E-state index contributed by atoms with van der Waals surface area (Å²) < 4.78 is 28.0.